The van der Waals surface area contributed by atoms with Crippen molar-refractivity contribution in [1.82, 2.24) is 5.32 Å². The normalized spacial score (nSPS) is 11.7. The van der Waals surface area contributed by atoms with Gasteiger partial charge < -0.3 is 15.1 Å². The molecule has 0 bridgehead atoms. The van der Waals surface area contributed by atoms with Gasteiger partial charge in [-0.1, -0.05) is 12.1 Å². The molecule has 0 saturated heterocycles. The fraction of sp³-hybridized carbons (Fsp3) is 0.100. The highest BCUT2D eigenvalue weighted by Crippen LogP contribution is 2.30. The standard InChI is InChI=1S/C20H15F3N2O5S/c21-20(22,23)31(28,29)15-9-7-13(8-10-15)18(26)25-17-6-2-1-5-16(17)19(27)24-12-14-4-3-11-30-14/h1-11H,12H2,(H,24,27)(H,25,26). The second-order valence-electron chi connectivity index (χ2n) is 6.24. The molecule has 11 heteroatoms. The van der Waals surface area contributed by atoms with Gasteiger partial charge >= 0.3 is 5.51 Å². The first-order valence-electron chi connectivity index (χ1n) is 8.72. The maximum Gasteiger partial charge on any atom is 0.501 e. The number of amides is 2. The zero-order valence-electron chi connectivity index (χ0n) is 15.6. The summed E-state index contributed by atoms with van der Waals surface area (Å²) in [6, 6.07) is 12.8. The summed E-state index contributed by atoms with van der Waals surface area (Å²) in [6.07, 6.45) is 1.46. The van der Waals surface area contributed by atoms with Gasteiger partial charge in [-0.15, -0.1) is 0 Å². The highest BCUT2D eigenvalue weighted by Gasteiger charge is 2.46. The molecule has 2 amide bonds. The van der Waals surface area contributed by atoms with E-state index in [1.807, 2.05) is 0 Å². The predicted octanol–water partition coefficient (Wildman–Crippen LogP) is 3.76. The van der Waals surface area contributed by atoms with E-state index in [0.717, 1.165) is 12.1 Å². The summed E-state index contributed by atoms with van der Waals surface area (Å²) < 4.78 is 65.8. The Morgan fingerprint density at radius 2 is 1.58 bits per heavy atom. The van der Waals surface area contributed by atoms with Crippen LogP contribution in [0.4, 0.5) is 18.9 Å². The lowest BCUT2D eigenvalue weighted by molar-refractivity contribution is -0.0436. The molecule has 31 heavy (non-hydrogen) atoms. The molecule has 3 aromatic rings. The minimum absolute atomic E-state index is 0.0908. The lowest BCUT2D eigenvalue weighted by atomic mass is 10.1. The summed E-state index contributed by atoms with van der Waals surface area (Å²) in [5.74, 6) is -0.690. The Bertz CT molecular complexity index is 1190. The van der Waals surface area contributed by atoms with Crippen molar-refractivity contribution in [1.29, 1.82) is 0 Å². The van der Waals surface area contributed by atoms with Gasteiger partial charge in [0, 0.05) is 5.56 Å². The Balaban J connectivity index is 1.74. The molecule has 2 N–H and O–H groups in total. The number of rotatable bonds is 6. The van der Waals surface area contributed by atoms with Crippen molar-refractivity contribution < 1.29 is 35.6 Å². The van der Waals surface area contributed by atoms with Crippen molar-refractivity contribution in [3.63, 3.8) is 0 Å². The van der Waals surface area contributed by atoms with Crippen LogP contribution in [0.25, 0.3) is 0 Å². The summed E-state index contributed by atoms with van der Waals surface area (Å²) in [4.78, 5) is 23.9. The molecule has 0 aliphatic heterocycles. The summed E-state index contributed by atoms with van der Waals surface area (Å²) >= 11 is 0. The van der Waals surface area contributed by atoms with Gasteiger partial charge in [-0.3, -0.25) is 9.59 Å². The summed E-state index contributed by atoms with van der Waals surface area (Å²) in [5.41, 5.74) is -5.22. The number of anilines is 1. The monoisotopic (exact) mass is 452 g/mol. The zero-order chi connectivity index (χ0) is 22.6. The van der Waals surface area contributed by atoms with E-state index in [2.05, 4.69) is 10.6 Å². The van der Waals surface area contributed by atoms with Gasteiger partial charge in [-0.25, -0.2) is 8.42 Å². The lowest BCUT2D eigenvalue weighted by Gasteiger charge is -2.12. The maximum absolute atomic E-state index is 12.6. The lowest BCUT2D eigenvalue weighted by Crippen LogP contribution is -2.25. The zero-order valence-corrected chi connectivity index (χ0v) is 16.5. The van der Waals surface area contributed by atoms with Crippen LogP contribution >= 0.6 is 0 Å². The first-order valence-corrected chi connectivity index (χ1v) is 10.2. The van der Waals surface area contributed by atoms with Crippen LogP contribution in [-0.4, -0.2) is 25.7 Å². The maximum atomic E-state index is 12.6. The van der Waals surface area contributed by atoms with E-state index in [-0.39, 0.29) is 23.4 Å². The molecule has 0 spiro atoms. The van der Waals surface area contributed by atoms with Crippen LogP contribution in [-0.2, 0) is 16.4 Å². The molecular weight excluding hydrogens is 437 g/mol. The van der Waals surface area contributed by atoms with Crippen LogP contribution in [0.1, 0.15) is 26.5 Å². The molecule has 0 unspecified atom stereocenters. The van der Waals surface area contributed by atoms with E-state index in [0.29, 0.717) is 17.9 Å². The van der Waals surface area contributed by atoms with Crippen molar-refractivity contribution in [2.24, 2.45) is 0 Å². The van der Waals surface area contributed by atoms with Gasteiger partial charge in [0.25, 0.3) is 21.7 Å². The quantitative estimate of drug-likeness (QED) is 0.593. The van der Waals surface area contributed by atoms with E-state index >= 15 is 0 Å². The van der Waals surface area contributed by atoms with E-state index in [1.165, 1.54) is 18.4 Å². The molecule has 0 radical (unpaired) electrons. The van der Waals surface area contributed by atoms with E-state index in [4.69, 9.17) is 4.42 Å². The van der Waals surface area contributed by atoms with E-state index < -0.39 is 32.1 Å². The van der Waals surface area contributed by atoms with Gasteiger partial charge in [-0.05, 0) is 48.5 Å². The third-order valence-electron chi connectivity index (χ3n) is 4.15. The average molecular weight is 452 g/mol. The molecular formula is C20H15F3N2O5S. The Kier molecular flexibility index (Phi) is 6.16. The topological polar surface area (TPSA) is 105 Å². The second-order valence-corrected chi connectivity index (χ2v) is 8.18. The van der Waals surface area contributed by atoms with E-state index in [1.54, 1.807) is 24.3 Å². The predicted molar refractivity (Wildman–Crippen MR) is 104 cm³/mol. The molecule has 1 heterocycles. The van der Waals surface area contributed by atoms with Crippen molar-refractivity contribution >= 4 is 27.3 Å². The first kappa shape index (κ1) is 22.1. The number of carbonyl (C=O) groups is 2. The molecule has 0 atom stereocenters. The highest BCUT2D eigenvalue weighted by molar-refractivity contribution is 7.92. The largest absolute Gasteiger partial charge is 0.501 e. The number of sulfone groups is 1. The first-order chi connectivity index (χ1) is 14.6. The Hall–Kier alpha value is -3.60. The van der Waals surface area contributed by atoms with Crippen molar-refractivity contribution in [2.75, 3.05) is 5.32 Å². The van der Waals surface area contributed by atoms with Crippen LogP contribution in [0, 0.1) is 0 Å². The molecule has 2 aromatic carbocycles. The fourth-order valence-electron chi connectivity index (χ4n) is 2.58. The van der Waals surface area contributed by atoms with Gasteiger partial charge in [0.2, 0.25) is 0 Å². The smallest absolute Gasteiger partial charge is 0.467 e. The van der Waals surface area contributed by atoms with Crippen LogP contribution in [0.15, 0.2) is 76.2 Å². The number of furan rings is 1. The van der Waals surface area contributed by atoms with Crippen molar-refractivity contribution in [3.05, 3.63) is 83.8 Å². The molecule has 0 saturated carbocycles. The van der Waals surface area contributed by atoms with Gasteiger partial charge in [-0.2, -0.15) is 13.2 Å². The van der Waals surface area contributed by atoms with Gasteiger partial charge in [0.15, 0.2) is 0 Å². The Morgan fingerprint density at radius 3 is 2.19 bits per heavy atom. The number of nitrogens with one attached hydrogen (secondary N) is 2. The van der Waals surface area contributed by atoms with Gasteiger partial charge in [0.05, 0.1) is 29.0 Å². The number of carbonyl (C=O) groups excluding carboxylic acids is 2. The molecule has 3 rings (SSSR count). The number of hydrogen-bond donors (Lipinski definition) is 2. The second kappa shape index (κ2) is 8.64. The minimum atomic E-state index is -5.51. The fourth-order valence-corrected chi connectivity index (χ4v) is 3.34. The van der Waals surface area contributed by atoms with Gasteiger partial charge in [0.1, 0.15) is 5.76 Å². The summed E-state index contributed by atoms with van der Waals surface area (Å²) in [5, 5.41) is 5.13. The number of benzene rings is 2. The number of halogens is 3. The van der Waals surface area contributed by atoms with Crippen LogP contribution < -0.4 is 10.6 Å². The third-order valence-corrected chi connectivity index (χ3v) is 5.66. The molecule has 0 aliphatic rings. The SMILES string of the molecule is O=C(Nc1ccccc1C(=O)NCc1ccco1)c1ccc(S(=O)(=O)C(F)(F)F)cc1. The van der Waals surface area contributed by atoms with Crippen LogP contribution in [0.5, 0.6) is 0 Å². The Labute approximate surface area is 174 Å². The third kappa shape index (κ3) is 4.94. The van der Waals surface area contributed by atoms with Crippen molar-refractivity contribution in [2.45, 2.75) is 16.9 Å². The van der Waals surface area contributed by atoms with Crippen LogP contribution in [0.2, 0.25) is 0 Å². The minimum Gasteiger partial charge on any atom is -0.467 e. The number of hydrogen-bond acceptors (Lipinski definition) is 5. The summed E-state index contributed by atoms with van der Waals surface area (Å²) in [6.45, 7) is 0.128. The number of para-hydroxylation sites is 1. The molecule has 162 valence electrons. The molecule has 0 aliphatic carbocycles. The molecule has 1 aromatic heterocycles. The van der Waals surface area contributed by atoms with Crippen molar-refractivity contribution in [3.8, 4) is 0 Å². The van der Waals surface area contributed by atoms with Crippen LogP contribution in [0.3, 0.4) is 0 Å². The highest BCUT2D eigenvalue weighted by atomic mass is 32.2. The molecule has 7 nitrogen and oxygen atoms in total. The molecule has 0 fully saturated rings. The number of alkyl halides is 3. The van der Waals surface area contributed by atoms with E-state index in [9.17, 15) is 31.2 Å². The summed E-state index contributed by atoms with van der Waals surface area (Å²) in [7, 11) is -5.51. The average Bonchev–Trinajstić information content (AvgIpc) is 3.25. The Morgan fingerprint density at radius 1 is 0.903 bits per heavy atom.